The van der Waals surface area contributed by atoms with E-state index in [9.17, 15) is 0 Å². The molecule has 1 aromatic heterocycles. The third-order valence-corrected chi connectivity index (χ3v) is 5.80. The van der Waals surface area contributed by atoms with Crippen molar-refractivity contribution >= 4 is 69.0 Å². The van der Waals surface area contributed by atoms with Gasteiger partial charge in [0.15, 0.2) is 11.5 Å². The lowest BCUT2D eigenvalue weighted by Crippen LogP contribution is -2.01. The molecule has 0 aliphatic heterocycles. The molecule has 9 heteroatoms. The van der Waals surface area contributed by atoms with Gasteiger partial charge in [0.25, 0.3) is 0 Å². The fourth-order valence-corrected chi connectivity index (χ4v) is 4.16. The van der Waals surface area contributed by atoms with E-state index in [-0.39, 0.29) is 0 Å². The first-order valence-corrected chi connectivity index (χ1v) is 11.0. The highest BCUT2D eigenvalue weighted by molar-refractivity contribution is 14.1. The van der Waals surface area contributed by atoms with E-state index in [4.69, 9.17) is 32.7 Å². The molecular weight excluding hydrogens is 550 g/mol. The maximum atomic E-state index is 6.24. The average molecular weight is 567 g/mol. The second kappa shape index (κ2) is 9.76. The van der Waals surface area contributed by atoms with Gasteiger partial charge in [0.2, 0.25) is 5.95 Å². The molecular formula is C22H17Cl2IN4O2. The fourth-order valence-electron chi connectivity index (χ4n) is 2.92. The Kier molecular flexibility index (Phi) is 6.84. The van der Waals surface area contributed by atoms with Gasteiger partial charge in [-0.2, -0.15) is 5.10 Å². The molecule has 0 saturated carbocycles. The molecule has 0 fully saturated rings. The van der Waals surface area contributed by atoms with Crippen LogP contribution in [0.2, 0.25) is 10.0 Å². The molecule has 0 atom stereocenters. The van der Waals surface area contributed by atoms with E-state index in [1.54, 1.807) is 25.5 Å². The largest absolute Gasteiger partial charge is 0.493 e. The number of hydrazone groups is 1. The van der Waals surface area contributed by atoms with Crippen LogP contribution in [0.1, 0.15) is 11.1 Å². The normalized spacial score (nSPS) is 11.2. The molecule has 4 rings (SSSR count). The molecule has 0 aliphatic carbocycles. The summed E-state index contributed by atoms with van der Waals surface area (Å²) in [6.07, 6.45) is 1.69. The van der Waals surface area contributed by atoms with Gasteiger partial charge in [-0.1, -0.05) is 41.4 Å². The molecule has 0 aliphatic rings. The van der Waals surface area contributed by atoms with Gasteiger partial charge in [-0.05, 0) is 64.6 Å². The predicted octanol–water partition coefficient (Wildman–Crippen LogP) is 6.51. The van der Waals surface area contributed by atoms with Crippen molar-refractivity contribution in [3.05, 3.63) is 79.3 Å². The van der Waals surface area contributed by atoms with Crippen LogP contribution in [0.15, 0.2) is 59.7 Å². The van der Waals surface area contributed by atoms with Crippen molar-refractivity contribution in [3.63, 3.8) is 0 Å². The van der Waals surface area contributed by atoms with Gasteiger partial charge < -0.3 is 14.5 Å². The molecule has 0 unspecified atom stereocenters. The van der Waals surface area contributed by atoms with Crippen molar-refractivity contribution in [1.29, 1.82) is 0 Å². The van der Waals surface area contributed by atoms with Crippen LogP contribution in [-0.2, 0) is 6.61 Å². The number of H-pyrrole nitrogens is 1. The van der Waals surface area contributed by atoms with E-state index in [0.717, 1.165) is 25.7 Å². The minimum Gasteiger partial charge on any atom is -0.493 e. The summed E-state index contributed by atoms with van der Waals surface area (Å²) >= 11 is 14.4. The van der Waals surface area contributed by atoms with Crippen molar-refractivity contribution in [1.82, 2.24) is 9.97 Å². The minimum atomic E-state index is 0.295. The van der Waals surface area contributed by atoms with E-state index in [1.165, 1.54) is 0 Å². The van der Waals surface area contributed by atoms with Gasteiger partial charge >= 0.3 is 0 Å². The van der Waals surface area contributed by atoms with E-state index in [2.05, 4.69) is 43.1 Å². The first kappa shape index (κ1) is 21.7. The van der Waals surface area contributed by atoms with Crippen molar-refractivity contribution < 1.29 is 9.47 Å². The molecule has 0 bridgehead atoms. The van der Waals surface area contributed by atoms with Gasteiger partial charge in [0.05, 0.1) is 27.9 Å². The second-order valence-corrected chi connectivity index (χ2v) is 8.54. The fraction of sp³-hybridized carbons (Fsp3) is 0.0909. The lowest BCUT2D eigenvalue weighted by atomic mass is 10.2. The topological polar surface area (TPSA) is 71.5 Å². The van der Waals surface area contributed by atoms with Gasteiger partial charge in [0, 0.05) is 15.6 Å². The van der Waals surface area contributed by atoms with Crippen LogP contribution in [0, 0.1) is 3.57 Å². The first-order chi connectivity index (χ1) is 15.0. The molecule has 0 saturated heterocycles. The number of aromatic nitrogens is 2. The number of halogens is 3. The summed E-state index contributed by atoms with van der Waals surface area (Å²) in [6.45, 7) is 0.295. The number of methoxy groups -OCH3 is 1. The molecule has 0 amide bonds. The van der Waals surface area contributed by atoms with Gasteiger partial charge in [-0.15, -0.1) is 0 Å². The zero-order valence-electron chi connectivity index (χ0n) is 16.3. The minimum absolute atomic E-state index is 0.295. The Morgan fingerprint density at radius 2 is 2.00 bits per heavy atom. The summed E-state index contributed by atoms with van der Waals surface area (Å²) in [7, 11) is 1.60. The van der Waals surface area contributed by atoms with E-state index >= 15 is 0 Å². The number of fused-ring (bicyclic) bond motifs is 1. The van der Waals surface area contributed by atoms with Crippen molar-refractivity contribution in [2.24, 2.45) is 5.10 Å². The molecule has 1 heterocycles. The smallest absolute Gasteiger partial charge is 0.222 e. The summed E-state index contributed by atoms with van der Waals surface area (Å²) in [5, 5.41) is 5.41. The van der Waals surface area contributed by atoms with Gasteiger partial charge in [-0.3, -0.25) is 0 Å². The molecule has 158 valence electrons. The maximum Gasteiger partial charge on any atom is 0.222 e. The predicted molar refractivity (Wildman–Crippen MR) is 134 cm³/mol. The van der Waals surface area contributed by atoms with Crippen LogP contribution in [0.25, 0.3) is 11.0 Å². The van der Waals surface area contributed by atoms with Crippen molar-refractivity contribution in [3.8, 4) is 11.5 Å². The second-order valence-electron chi connectivity index (χ2n) is 6.53. The van der Waals surface area contributed by atoms with Crippen molar-refractivity contribution in [2.75, 3.05) is 12.5 Å². The standard InChI is InChI=1S/C22H17Cl2IN4O2/c1-30-20-9-13(11-26-29-22-27-18-4-2-3-5-19(18)28-22)8-17(25)21(20)31-12-14-6-7-15(23)10-16(14)24/h2-11H,12H2,1H3,(H2,27,28,29)/b26-11-. The van der Waals surface area contributed by atoms with Crippen LogP contribution in [0.3, 0.4) is 0 Å². The Labute approximate surface area is 202 Å². The summed E-state index contributed by atoms with van der Waals surface area (Å²) < 4.78 is 12.4. The molecule has 31 heavy (non-hydrogen) atoms. The van der Waals surface area contributed by atoms with Crippen LogP contribution in [-0.4, -0.2) is 23.3 Å². The van der Waals surface area contributed by atoms with Crippen LogP contribution in [0.5, 0.6) is 11.5 Å². The highest BCUT2D eigenvalue weighted by Crippen LogP contribution is 2.35. The quantitative estimate of drug-likeness (QED) is 0.152. The summed E-state index contributed by atoms with van der Waals surface area (Å²) in [5.41, 5.74) is 6.42. The maximum absolute atomic E-state index is 6.24. The van der Waals surface area contributed by atoms with E-state index in [0.29, 0.717) is 34.1 Å². The highest BCUT2D eigenvalue weighted by atomic mass is 127. The highest BCUT2D eigenvalue weighted by Gasteiger charge is 2.12. The number of aromatic amines is 1. The Hall–Kier alpha value is -2.49. The molecule has 4 aromatic rings. The summed E-state index contributed by atoms with van der Waals surface area (Å²) in [6, 6.07) is 16.9. The van der Waals surface area contributed by atoms with E-state index < -0.39 is 0 Å². The van der Waals surface area contributed by atoms with Gasteiger partial charge in [0.1, 0.15) is 6.61 Å². The zero-order valence-corrected chi connectivity index (χ0v) is 20.0. The number of ether oxygens (including phenoxy) is 2. The zero-order chi connectivity index (χ0) is 21.8. The third kappa shape index (κ3) is 5.23. The molecule has 0 radical (unpaired) electrons. The number of imidazole rings is 1. The number of anilines is 1. The lowest BCUT2D eigenvalue weighted by molar-refractivity contribution is 0.282. The number of para-hydroxylation sites is 2. The van der Waals surface area contributed by atoms with Crippen LogP contribution < -0.4 is 14.9 Å². The van der Waals surface area contributed by atoms with Crippen molar-refractivity contribution in [2.45, 2.75) is 6.61 Å². The molecule has 3 aromatic carbocycles. The van der Waals surface area contributed by atoms with E-state index in [1.807, 2.05) is 42.5 Å². The number of hydrogen-bond donors (Lipinski definition) is 2. The molecule has 2 N–H and O–H groups in total. The Balaban J connectivity index is 1.48. The average Bonchev–Trinajstić information content (AvgIpc) is 3.16. The summed E-state index contributed by atoms with van der Waals surface area (Å²) in [4.78, 5) is 7.59. The summed E-state index contributed by atoms with van der Waals surface area (Å²) in [5.74, 6) is 1.80. The van der Waals surface area contributed by atoms with Gasteiger partial charge in [-0.25, -0.2) is 10.4 Å². The van der Waals surface area contributed by atoms with Crippen LogP contribution >= 0.6 is 45.8 Å². The first-order valence-electron chi connectivity index (χ1n) is 9.21. The number of benzene rings is 3. The SMILES string of the molecule is COc1cc(/C=N\Nc2nc3ccccc3[nH]2)cc(I)c1OCc1ccc(Cl)cc1Cl. The Morgan fingerprint density at radius 3 is 2.77 bits per heavy atom. The monoisotopic (exact) mass is 566 g/mol. The molecule has 6 nitrogen and oxygen atoms in total. The third-order valence-electron chi connectivity index (χ3n) is 4.41. The number of nitrogens with one attached hydrogen (secondary N) is 2. The van der Waals surface area contributed by atoms with Crippen LogP contribution in [0.4, 0.5) is 5.95 Å². The Bertz CT molecular complexity index is 1230. The Morgan fingerprint density at radius 1 is 1.16 bits per heavy atom. The lowest BCUT2D eigenvalue weighted by Gasteiger charge is -2.14. The number of rotatable bonds is 7. The molecule has 0 spiro atoms. The number of hydrogen-bond acceptors (Lipinski definition) is 5. The number of nitrogens with zero attached hydrogens (tertiary/aromatic N) is 2.